The molecule has 3 aromatic rings. The van der Waals surface area contributed by atoms with E-state index in [0.717, 1.165) is 65.9 Å². The Morgan fingerprint density at radius 2 is 1.91 bits per heavy atom. The summed E-state index contributed by atoms with van der Waals surface area (Å²) in [6.07, 6.45) is 8.86. The van der Waals surface area contributed by atoms with Gasteiger partial charge in [-0.1, -0.05) is 35.9 Å². The first-order valence-electron chi connectivity index (χ1n) is 11.5. The number of halogens is 1. The SMILES string of the molecule is CNCCCc1c(C=C2C(=O)Nc3cccc(-c4ccc(Cl)cc4)c32)[nH]c2c1CCCC2. The van der Waals surface area contributed by atoms with Crippen molar-refractivity contribution in [3.63, 3.8) is 0 Å². The molecule has 0 radical (unpaired) electrons. The summed E-state index contributed by atoms with van der Waals surface area (Å²) < 4.78 is 0. The molecular formula is C27H28ClN3O. The van der Waals surface area contributed by atoms with E-state index in [2.05, 4.69) is 27.8 Å². The van der Waals surface area contributed by atoms with Crippen LogP contribution < -0.4 is 10.6 Å². The Bertz CT molecular complexity index is 1190. The molecule has 2 aliphatic rings. The minimum atomic E-state index is -0.0461. The Morgan fingerprint density at radius 3 is 2.72 bits per heavy atom. The molecule has 0 spiro atoms. The van der Waals surface area contributed by atoms with Gasteiger partial charge in [-0.15, -0.1) is 0 Å². The van der Waals surface area contributed by atoms with Crippen LogP contribution in [0.25, 0.3) is 22.8 Å². The standard InChI is InChI=1S/C27H28ClN3O/c1-29-15-5-8-21-20-6-2-3-9-23(20)30-25(21)16-22-26-19(17-11-13-18(28)14-12-17)7-4-10-24(26)31-27(22)32/h4,7,10-14,16,29-30H,2-3,5-6,8-9,15H2,1H3,(H,31,32). The second kappa shape index (κ2) is 8.97. The maximum atomic E-state index is 13.1. The molecule has 1 aliphatic heterocycles. The maximum Gasteiger partial charge on any atom is 0.256 e. The molecule has 0 atom stereocenters. The Balaban J connectivity index is 1.61. The highest BCUT2D eigenvalue weighted by Gasteiger charge is 2.28. The molecule has 0 saturated heterocycles. The van der Waals surface area contributed by atoms with Crippen molar-refractivity contribution in [3.05, 3.63) is 75.6 Å². The van der Waals surface area contributed by atoms with E-state index in [4.69, 9.17) is 11.6 Å². The first-order valence-corrected chi connectivity index (χ1v) is 11.8. The number of H-pyrrole nitrogens is 1. The van der Waals surface area contributed by atoms with Crippen molar-refractivity contribution in [2.24, 2.45) is 0 Å². The van der Waals surface area contributed by atoms with Gasteiger partial charge in [0, 0.05) is 27.7 Å². The number of hydrogen-bond acceptors (Lipinski definition) is 2. The third-order valence-electron chi connectivity index (χ3n) is 6.57. The zero-order chi connectivity index (χ0) is 22.1. The highest BCUT2D eigenvalue weighted by molar-refractivity contribution is 6.36. The number of carbonyl (C=O) groups is 1. The summed E-state index contributed by atoms with van der Waals surface area (Å²) in [7, 11) is 1.99. The molecule has 1 amide bonds. The number of hydrogen-bond donors (Lipinski definition) is 3. The molecule has 32 heavy (non-hydrogen) atoms. The minimum absolute atomic E-state index is 0.0461. The van der Waals surface area contributed by atoms with Gasteiger partial charge in [-0.3, -0.25) is 4.79 Å². The van der Waals surface area contributed by atoms with Crippen molar-refractivity contribution < 1.29 is 4.79 Å². The number of carbonyl (C=O) groups excluding carboxylic acids is 1. The zero-order valence-corrected chi connectivity index (χ0v) is 19.1. The predicted molar refractivity (Wildman–Crippen MR) is 133 cm³/mol. The number of aromatic amines is 1. The normalized spacial score (nSPS) is 16.2. The average molecular weight is 446 g/mol. The largest absolute Gasteiger partial charge is 0.358 e. The molecule has 3 N–H and O–H groups in total. The molecule has 164 valence electrons. The van der Waals surface area contributed by atoms with Crippen molar-refractivity contribution in [3.8, 4) is 11.1 Å². The summed E-state index contributed by atoms with van der Waals surface area (Å²) in [5.41, 5.74) is 9.94. The predicted octanol–water partition coefficient (Wildman–Crippen LogP) is 5.86. The number of anilines is 1. The van der Waals surface area contributed by atoms with Gasteiger partial charge >= 0.3 is 0 Å². The molecule has 0 unspecified atom stereocenters. The van der Waals surface area contributed by atoms with Crippen LogP contribution in [0.15, 0.2) is 42.5 Å². The number of nitrogens with one attached hydrogen (secondary N) is 3. The van der Waals surface area contributed by atoms with E-state index in [0.29, 0.717) is 5.02 Å². The van der Waals surface area contributed by atoms with Gasteiger partial charge in [-0.05, 0) is 98.6 Å². The molecule has 5 heteroatoms. The van der Waals surface area contributed by atoms with E-state index in [1.54, 1.807) is 0 Å². The Morgan fingerprint density at radius 1 is 1.09 bits per heavy atom. The highest BCUT2D eigenvalue weighted by Crippen LogP contribution is 2.41. The van der Waals surface area contributed by atoms with Crippen molar-refractivity contribution in [2.75, 3.05) is 18.9 Å². The molecule has 0 bridgehead atoms. The minimum Gasteiger partial charge on any atom is -0.358 e. The van der Waals surface area contributed by atoms with Crippen LogP contribution in [0.2, 0.25) is 5.02 Å². The smallest absolute Gasteiger partial charge is 0.256 e. The summed E-state index contributed by atoms with van der Waals surface area (Å²) in [5.74, 6) is -0.0461. The fraction of sp³-hybridized carbons (Fsp3) is 0.296. The number of fused-ring (bicyclic) bond motifs is 2. The quantitative estimate of drug-likeness (QED) is 0.329. The third kappa shape index (κ3) is 3.89. The first kappa shape index (κ1) is 21.0. The topological polar surface area (TPSA) is 56.9 Å². The van der Waals surface area contributed by atoms with Gasteiger partial charge in [0.25, 0.3) is 5.91 Å². The second-order valence-electron chi connectivity index (χ2n) is 8.64. The molecule has 0 saturated carbocycles. The molecule has 1 aromatic heterocycles. The van der Waals surface area contributed by atoms with Crippen LogP contribution >= 0.6 is 11.6 Å². The van der Waals surface area contributed by atoms with Crippen LogP contribution in [-0.4, -0.2) is 24.5 Å². The molecule has 2 heterocycles. The van der Waals surface area contributed by atoms with Gasteiger partial charge in [0.2, 0.25) is 0 Å². The van der Waals surface area contributed by atoms with Crippen LogP contribution in [0, 0.1) is 0 Å². The summed E-state index contributed by atoms with van der Waals surface area (Å²) >= 11 is 6.11. The van der Waals surface area contributed by atoms with Gasteiger partial charge < -0.3 is 15.6 Å². The van der Waals surface area contributed by atoms with Crippen LogP contribution in [0.1, 0.15) is 47.3 Å². The zero-order valence-electron chi connectivity index (χ0n) is 18.4. The number of benzene rings is 2. The van der Waals surface area contributed by atoms with E-state index < -0.39 is 0 Å². The second-order valence-corrected chi connectivity index (χ2v) is 9.07. The van der Waals surface area contributed by atoms with Crippen molar-refractivity contribution in [1.82, 2.24) is 10.3 Å². The van der Waals surface area contributed by atoms with Crippen LogP contribution in [0.5, 0.6) is 0 Å². The lowest BCUT2D eigenvalue weighted by molar-refractivity contribution is -0.110. The van der Waals surface area contributed by atoms with Gasteiger partial charge in [0.15, 0.2) is 0 Å². The van der Waals surface area contributed by atoms with Gasteiger partial charge in [0.05, 0.1) is 5.57 Å². The van der Waals surface area contributed by atoms with E-state index in [1.807, 2.05) is 43.4 Å². The van der Waals surface area contributed by atoms with Gasteiger partial charge in [-0.25, -0.2) is 0 Å². The molecular weight excluding hydrogens is 418 g/mol. The summed E-state index contributed by atoms with van der Waals surface area (Å²) in [6, 6.07) is 13.8. The van der Waals surface area contributed by atoms with E-state index in [-0.39, 0.29) is 5.91 Å². The fourth-order valence-electron chi connectivity index (χ4n) is 5.03. The Hall–Kier alpha value is -2.82. The Kier molecular flexibility index (Phi) is 5.90. The highest BCUT2D eigenvalue weighted by atomic mass is 35.5. The van der Waals surface area contributed by atoms with Crippen LogP contribution in [0.4, 0.5) is 5.69 Å². The van der Waals surface area contributed by atoms with Crippen LogP contribution in [-0.2, 0) is 24.1 Å². The van der Waals surface area contributed by atoms with Gasteiger partial charge in [0.1, 0.15) is 0 Å². The monoisotopic (exact) mass is 445 g/mol. The summed E-state index contributed by atoms with van der Waals surface area (Å²) in [5, 5.41) is 7.02. The third-order valence-corrected chi connectivity index (χ3v) is 6.82. The molecule has 1 aliphatic carbocycles. The van der Waals surface area contributed by atoms with Crippen molar-refractivity contribution >= 4 is 34.8 Å². The maximum absolute atomic E-state index is 13.1. The number of rotatable bonds is 6. The average Bonchev–Trinajstić information content (AvgIpc) is 3.32. The van der Waals surface area contributed by atoms with E-state index in [9.17, 15) is 4.79 Å². The van der Waals surface area contributed by atoms with E-state index in [1.165, 1.54) is 29.7 Å². The molecule has 2 aromatic carbocycles. The molecule has 5 rings (SSSR count). The number of aryl methyl sites for hydroxylation is 1. The number of amides is 1. The van der Waals surface area contributed by atoms with E-state index >= 15 is 0 Å². The van der Waals surface area contributed by atoms with Crippen molar-refractivity contribution in [1.29, 1.82) is 0 Å². The summed E-state index contributed by atoms with van der Waals surface area (Å²) in [4.78, 5) is 16.7. The lowest BCUT2D eigenvalue weighted by atomic mass is 9.91. The fourth-order valence-corrected chi connectivity index (χ4v) is 5.16. The lowest BCUT2D eigenvalue weighted by Crippen LogP contribution is -2.09. The Labute approximate surface area is 194 Å². The molecule has 0 fully saturated rings. The molecule has 4 nitrogen and oxygen atoms in total. The number of aromatic nitrogens is 1. The summed E-state index contributed by atoms with van der Waals surface area (Å²) in [6.45, 7) is 0.986. The van der Waals surface area contributed by atoms with Crippen LogP contribution in [0.3, 0.4) is 0 Å². The van der Waals surface area contributed by atoms with Crippen molar-refractivity contribution in [2.45, 2.75) is 38.5 Å². The van der Waals surface area contributed by atoms with Gasteiger partial charge in [-0.2, -0.15) is 0 Å². The lowest BCUT2D eigenvalue weighted by Gasteiger charge is -2.13. The first-order chi connectivity index (χ1) is 15.7.